The van der Waals surface area contributed by atoms with Gasteiger partial charge in [-0.15, -0.1) is 0 Å². The molecule has 0 spiro atoms. The van der Waals surface area contributed by atoms with Gasteiger partial charge in [0, 0.05) is 30.4 Å². The number of fused-ring (bicyclic) bond motifs is 1. The number of nitrogens with zero attached hydrogens (tertiary/aromatic N) is 1. The SMILES string of the molecule is CC1=C(C(=O)OC[C@H]2CCCO2)[C@H](c2ccc(C(F)(F)F)cc2)[C@@H]2C(=O)CC(C)(C)CC2=N1. The van der Waals surface area contributed by atoms with Crippen LogP contribution in [0.15, 0.2) is 40.5 Å². The lowest BCUT2D eigenvalue weighted by Gasteiger charge is -2.41. The average molecular weight is 463 g/mol. The normalized spacial score (nSPS) is 27.3. The topological polar surface area (TPSA) is 65.0 Å². The Kier molecular flexibility index (Phi) is 6.24. The third-order valence-corrected chi connectivity index (χ3v) is 6.61. The number of ether oxygens (including phenoxy) is 2. The van der Waals surface area contributed by atoms with Gasteiger partial charge in [0.1, 0.15) is 12.4 Å². The molecule has 8 heteroatoms. The van der Waals surface area contributed by atoms with E-state index in [1.54, 1.807) is 6.92 Å². The number of rotatable bonds is 4. The molecule has 2 heterocycles. The quantitative estimate of drug-likeness (QED) is 0.573. The number of halogens is 3. The highest BCUT2D eigenvalue weighted by Crippen LogP contribution is 2.47. The summed E-state index contributed by atoms with van der Waals surface area (Å²) in [5, 5.41) is 0. The van der Waals surface area contributed by atoms with Gasteiger partial charge < -0.3 is 9.47 Å². The largest absolute Gasteiger partial charge is 0.460 e. The minimum Gasteiger partial charge on any atom is -0.460 e. The molecular weight excluding hydrogens is 435 g/mol. The van der Waals surface area contributed by atoms with Crippen LogP contribution in [-0.4, -0.2) is 36.8 Å². The van der Waals surface area contributed by atoms with Gasteiger partial charge >= 0.3 is 12.1 Å². The average Bonchev–Trinajstić information content (AvgIpc) is 3.23. The van der Waals surface area contributed by atoms with Crippen molar-refractivity contribution in [1.82, 2.24) is 0 Å². The molecule has 0 amide bonds. The number of alkyl halides is 3. The summed E-state index contributed by atoms with van der Waals surface area (Å²) >= 11 is 0. The van der Waals surface area contributed by atoms with E-state index in [2.05, 4.69) is 4.99 Å². The Morgan fingerprint density at radius 3 is 2.48 bits per heavy atom. The molecule has 2 aliphatic heterocycles. The molecule has 0 radical (unpaired) electrons. The fraction of sp³-hybridized carbons (Fsp3) is 0.560. The van der Waals surface area contributed by atoms with Crippen molar-refractivity contribution in [3.63, 3.8) is 0 Å². The van der Waals surface area contributed by atoms with E-state index >= 15 is 0 Å². The summed E-state index contributed by atoms with van der Waals surface area (Å²) in [5.74, 6) is -2.09. The van der Waals surface area contributed by atoms with Gasteiger partial charge in [0.2, 0.25) is 0 Å². The van der Waals surface area contributed by atoms with Crippen LogP contribution in [0.1, 0.15) is 63.5 Å². The maximum absolute atomic E-state index is 13.2. The molecule has 1 saturated carbocycles. The predicted molar refractivity (Wildman–Crippen MR) is 116 cm³/mol. The van der Waals surface area contributed by atoms with Crippen LogP contribution in [0, 0.1) is 11.3 Å². The summed E-state index contributed by atoms with van der Waals surface area (Å²) in [5.41, 5.74) is 0.764. The Hall–Kier alpha value is -2.48. The van der Waals surface area contributed by atoms with Crippen molar-refractivity contribution in [2.75, 3.05) is 13.2 Å². The molecule has 1 aromatic rings. The van der Waals surface area contributed by atoms with Crippen molar-refractivity contribution in [2.24, 2.45) is 16.3 Å². The van der Waals surface area contributed by atoms with Crippen molar-refractivity contribution in [3.8, 4) is 0 Å². The molecule has 2 fully saturated rings. The van der Waals surface area contributed by atoms with Gasteiger partial charge in [0.25, 0.3) is 0 Å². The van der Waals surface area contributed by atoms with Crippen LogP contribution >= 0.6 is 0 Å². The van der Waals surface area contributed by atoms with Crippen LogP contribution in [0.5, 0.6) is 0 Å². The molecular formula is C25H28F3NO4. The first kappa shape index (κ1) is 23.7. The maximum atomic E-state index is 13.2. The van der Waals surface area contributed by atoms with E-state index in [4.69, 9.17) is 9.47 Å². The van der Waals surface area contributed by atoms with E-state index in [1.165, 1.54) is 12.1 Å². The first-order valence-corrected chi connectivity index (χ1v) is 11.2. The van der Waals surface area contributed by atoms with E-state index in [9.17, 15) is 22.8 Å². The molecule has 1 saturated heterocycles. The molecule has 0 bridgehead atoms. The van der Waals surface area contributed by atoms with Gasteiger partial charge in [-0.25, -0.2) is 4.79 Å². The van der Waals surface area contributed by atoms with Gasteiger partial charge in [-0.05, 0) is 49.3 Å². The summed E-state index contributed by atoms with van der Waals surface area (Å²) in [7, 11) is 0. The highest BCUT2D eigenvalue weighted by molar-refractivity contribution is 6.12. The molecule has 0 aromatic heterocycles. The Balaban J connectivity index is 1.72. The monoisotopic (exact) mass is 463 g/mol. The van der Waals surface area contributed by atoms with Crippen LogP contribution in [-0.2, 0) is 25.2 Å². The predicted octanol–water partition coefficient (Wildman–Crippen LogP) is 5.25. The van der Waals surface area contributed by atoms with Crippen molar-refractivity contribution < 1.29 is 32.2 Å². The molecule has 4 rings (SSSR count). The number of allylic oxidation sites excluding steroid dienone is 1. The number of esters is 1. The van der Waals surface area contributed by atoms with Gasteiger partial charge in [0.15, 0.2) is 0 Å². The molecule has 0 N–H and O–H groups in total. The number of aliphatic imine (C=N–C) groups is 1. The van der Waals surface area contributed by atoms with E-state index in [-0.39, 0.29) is 29.5 Å². The molecule has 1 aliphatic carbocycles. The zero-order valence-electron chi connectivity index (χ0n) is 19.0. The number of benzene rings is 1. The second-order valence-electron chi connectivity index (χ2n) is 9.89. The Labute approximate surface area is 191 Å². The number of hydrogen-bond donors (Lipinski definition) is 0. The second-order valence-corrected chi connectivity index (χ2v) is 9.89. The smallest absolute Gasteiger partial charge is 0.416 e. The minimum absolute atomic E-state index is 0.0631. The molecule has 33 heavy (non-hydrogen) atoms. The lowest BCUT2D eigenvalue weighted by Crippen LogP contribution is -2.44. The van der Waals surface area contributed by atoms with Gasteiger partial charge in [0.05, 0.1) is 23.2 Å². The van der Waals surface area contributed by atoms with Gasteiger partial charge in [-0.2, -0.15) is 13.2 Å². The zero-order valence-corrected chi connectivity index (χ0v) is 19.0. The summed E-state index contributed by atoms with van der Waals surface area (Å²) in [6.45, 7) is 6.38. The highest BCUT2D eigenvalue weighted by Gasteiger charge is 2.48. The second kappa shape index (κ2) is 8.70. The van der Waals surface area contributed by atoms with Crippen LogP contribution in [0.4, 0.5) is 13.2 Å². The maximum Gasteiger partial charge on any atom is 0.416 e. The first-order chi connectivity index (χ1) is 15.5. The third kappa shape index (κ3) is 4.90. The lowest BCUT2D eigenvalue weighted by atomic mass is 9.63. The highest BCUT2D eigenvalue weighted by atomic mass is 19.4. The van der Waals surface area contributed by atoms with Gasteiger partial charge in [-0.3, -0.25) is 9.79 Å². The Morgan fingerprint density at radius 1 is 1.18 bits per heavy atom. The van der Waals surface area contributed by atoms with Crippen LogP contribution in [0.25, 0.3) is 0 Å². The number of carbonyl (C=O) groups excluding carboxylic acids is 2. The van der Waals surface area contributed by atoms with E-state index in [0.717, 1.165) is 25.0 Å². The standard InChI is InChI=1S/C25H28F3NO4/c1-14-20(23(31)33-13-17-5-4-10-32-17)21(15-6-8-16(9-7-15)25(26,27)28)22-18(29-14)11-24(2,3)12-19(22)30/h6-9,17,21-22H,4-5,10-13H2,1-3H3/t17-,21+,22+/m1/s1. The molecule has 178 valence electrons. The van der Waals surface area contributed by atoms with E-state index < -0.39 is 29.5 Å². The first-order valence-electron chi connectivity index (χ1n) is 11.2. The number of carbonyl (C=O) groups is 2. The van der Waals surface area contributed by atoms with E-state index in [1.807, 2.05) is 13.8 Å². The molecule has 3 atom stereocenters. The Morgan fingerprint density at radius 2 is 1.88 bits per heavy atom. The fourth-order valence-corrected chi connectivity index (χ4v) is 5.12. The summed E-state index contributed by atoms with van der Waals surface area (Å²) in [6.07, 6.45) is -2.05. The summed E-state index contributed by atoms with van der Waals surface area (Å²) in [4.78, 5) is 31.1. The third-order valence-electron chi connectivity index (χ3n) is 6.61. The van der Waals surface area contributed by atoms with E-state index in [0.29, 0.717) is 36.4 Å². The van der Waals surface area contributed by atoms with Crippen LogP contribution in [0.3, 0.4) is 0 Å². The summed E-state index contributed by atoms with van der Waals surface area (Å²) in [6, 6.07) is 4.68. The lowest BCUT2D eigenvalue weighted by molar-refractivity contribution is -0.143. The number of ketones is 1. The minimum atomic E-state index is -4.48. The number of hydrogen-bond acceptors (Lipinski definition) is 5. The molecule has 5 nitrogen and oxygen atoms in total. The zero-order chi connectivity index (χ0) is 24.0. The summed E-state index contributed by atoms with van der Waals surface area (Å²) < 4.78 is 50.4. The molecule has 0 unspecified atom stereocenters. The van der Waals surface area contributed by atoms with Crippen molar-refractivity contribution in [1.29, 1.82) is 0 Å². The molecule has 1 aromatic carbocycles. The van der Waals surface area contributed by atoms with Crippen molar-refractivity contribution >= 4 is 17.5 Å². The molecule has 3 aliphatic rings. The van der Waals surface area contributed by atoms with Crippen LogP contribution in [0.2, 0.25) is 0 Å². The van der Waals surface area contributed by atoms with Gasteiger partial charge in [-0.1, -0.05) is 26.0 Å². The van der Waals surface area contributed by atoms with Crippen molar-refractivity contribution in [3.05, 3.63) is 46.7 Å². The number of Topliss-reactive ketones (excluding diaryl/α,β-unsaturated/α-hetero) is 1. The van der Waals surface area contributed by atoms with Crippen molar-refractivity contribution in [2.45, 2.75) is 64.7 Å². The Bertz CT molecular complexity index is 1000. The fourth-order valence-electron chi connectivity index (χ4n) is 5.12. The van der Waals surface area contributed by atoms with Crippen LogP contribution < -0.4 is 0 Å².